The van der Waals surface area contributed by atoms with Gasteiger partial charge in [-0.05, 0) is 36.5 Å². The van der Waals surface area contributed by atoms with Gasteiger partial charge in [-0.3, -0.25) is 4.79 Å². The zero-order valence-corrected chi connectivity index (χ0v) is 10.7. The number of hydrogen-bond donors (Lipinski definition) is 1. The van der Waals surface area contributed by atoms with Crippen molar-refractivity contribution in [2.75, 3.05) is 18.8 Å². The maximum absolute atomic E-state index is 13.4. The number of nitrogens with zero attached hydrogens (tertiary/aromatic N) is 1. The van der Waals surface area contributed by atoms with Crippen LogP contribution in [0.4, 0.5) is 10.1 Å². The number of piperidine rings is 1. The molecule has 2 N–H and O–H groups in total. The van der Waals surface area contributed by atoms with Crippen LogP contribution in [0.1, 0.15) is 37.7 Å². The molecule has 1 amide bonds. The Bertz CT molecular complexity index is 439. The van der Waals surface area contributed by atoms with Crippen molar-refractivity contribution in [2.45, 2.75) is 32.1 Å². The van der Waals surface area contributed by atoms with Gasteiger partial charge in [-0.2, -0.15) is 0 Å². The van der Waals surface area contributed by atoms with Crippen LogP contribution in [0.15, 0.2) is 18.2 Å². The maximum Gasteiger partial charge on any atom is 0.222 e. The molecule has 1 fully saturated rings. The van der Waals surface area contributed by atoms with E-state index in [1.807, 2.05) is 17.9 Å². The lowest BCUT2D eigenvalue weighted by molar-refractivity contribution is -0.131. The molecule has 0 aromatic heterocycles. The molecule has 2 rings (SSSR count). The van der Waals surface area contributed by atoms with Gasteiger partial charge in [-0.25, -0.2) is 4.39 Å². The van der Waals surface area contributed by atoms with E-state index in [1.54, 1.807) is 6.07 Å². The van der Waals surface area contributed by atoms with Crippen molar-refractivity contribution in [3.05, 3.63) is 29.6 Å². The molecule has 1 heterocycles. The van der Waals surface area contributed by atoms with Crippen molar-refractivity contribution in [2.24, 2.45) is 0 Å². The second kappa shape index (κ2) is 5.38. The highest BCUT2D eigenvalue weighted by Gasteiger charge is 2.23. The summed E-state index contributed by atoms with van der Waals surface area (Å²) in [6, 6.07) is 5.03. The number of carbonyl (C=O) groups is 1. The highest BCUT2D eigenvalue weighted by atomic mass is 19.1. The highest BCUT2D eigenvalue weighted by Crippen LogP contribution is 2.29. The Labute approximate surface area is 107 Å². The van der Waals surface area contributed by atoms with Gasteiger partial charge in [-0.1, -0.05) is 13.0 Å². The number of rotatable bonds is 2. The van der Waals surface area contributed by atoms with E-state index in [0.717, 1.165) is 31.5 Å². The SMILES string of the molecule is CCC(=O)N1CCC(c2ccc(N)c(F)c2)CC1. The summed E-state index contributed by atoms with van der Waals surface area (Å²) in [6.07, 6.45) is 2.35. The first-order valence-electron chi connectivity index (χ1n) is 6.44. The number of nitrogen functional groups attached to an aromatic ring is 1. The Morgan fingerprint density at radius 3 is 2.67 bits per heavy atom. The minimum Gasteiger partial charge on any atom is -0.396 e. The maximum atomic E-state index is 13.4. The van der Waals surface area contributed by atoms with Gasteiger partial charge in [0.15, 0.2) is 0 Å². The predicted molar refractivity (Wildman–Crippen MR) is 69.7 cm³/mol. The molecule has 98 valence electrons. The van der Waals surface area contributed by atoms with Gasteiger partial charge < -0.3 is 10.6 Å². The molecule has 0 bridgehead atoms. The molecule has 1 saturated heterocycles. The molecule has 0 aliphatic carbocycles. The van der Waals surface area contributed by atoms with E-state index in [4.69, 9.17) is 5.73 Å². The summed E-state index contributed by atoms with van der Waals surface area (Å²) >= 11 is 0. The van der Waals surface area contributed by atoms with Gasteiger partial charge in [-0.15, -0.1) is 0 Å². The van der Waals surface area contributed by atoms with Crippen LogP contribution in [0.3, 0.4) is 0 Å². The van der Waals surface area contributed by atoms with E-state index >= 15 is 0 Å². The normalized spacial score (nSPS) is 16.9. The van der Waals surface area contributed by atoms with Crippen LogP contribution in [0.5, 0.6) is 0 Å². The van der Waals surface area contributed by atoms with E-state index in [-0.39, 0.29) is 17.4 Å². The topological polar surface area (TPSA) is 46.3 Å². The number of likely N-dealkylation sites (tertiary alicyclic amines) is 1. The van der Waals surface area contributed by atoms with Crippen LogP contribution in [0.2, 0.25) is 0 Å². The Kier molecular flexibility index (Phi) is 3.84. The number of anilines is 1. The van der Waals surface area contributed by atoms with Crippen LogP contribution in [0.25, 0.3) is 0 Å². The predicted octanol–water partition coefficient (Wildman–Crippen LogP) is 2.52. The Morgan fingerprint density at radius 1 is 1.44 bits per heavy atom. The van der Waals surface area contributed by atoms with Crippen LogP contribution in [-0.4, -0.2) is 23.9 Å². The molecule has 0 unspecified atom stereocenters. The lowest BCUT2D eigenvalue weighted by atomic mass is 9.89. The molecule has 1 aromatic carbocycles. The van der Waals surface area contributed by atoms with Crippen molar-refractivity contribution >= 4 is 11.6 Å². The average Bonchev–Trinajstić information content (AvgIpc) is 2.41. The highest BCUT2D eigenvalue weighted by molar-refractivity contribution is 5.75. The molecule has 1 aliphatic rings. The van der Waals surface area contributed by atoms with Crippen molar-refractivity contribution < 1.29 is 9.18 Å². The third-order valence-electron chi connectivity index (χ3n) is 3.65. The quantitative estimate of drug-likeness (QED) is 0.820. The fourth-order valence-electron chi connectivity index (χ4n) is 2.48. The monoisotopic (exact) mass is 250 g/mol. The van der Waals surface area contributed by atoms with Crippen LogP contribution < -0.4 is 5.73 Å². The zero-order chi connectivity index (χ0) is 13.1. The summed E-state index contributed by atoms with van der Waals surface area (Å²) in [5, 5.41) is 0. The van der Waals surface area contributed by atoms with Crippen molar-refractivity contribution in [1.82, 2.24) is 4.90 Å². The smallest absolute Gasteiger partial charge is 0.222 e. The van der Waals surface area contributed by atoms with Gasteiger partial charge in [0.25, 0.3) is 0 Å². The number of hydrogen-bond acceptors (Lipinski definition) is 2. The second-order valence-corrected chi connectivity index (χ2v) is 4.79. The van der Waals surface area contributed by atoms with Gasteiger partial charge in [0, 0.05) is 19.5 Å². The molecule has 0 atom stereocenters. The largest absolute Gasteiger partial charge is 0.396 e. The summed E-state index contributed by atoms with van der Waals surface area (Å²) in [4.78, 5) is 13.5. The summed E-state index contributed by atoms with van der Waals surface area (Å²) in [7, 11) is 0. The average molecular weight is 250 g/mol. The summed E-state index contributed by atoms with van der Waals surface area (Å²) in [5.74, 6) is 0.192. The van der Waals surface area contributed by atoms with Crippen molar-refractivity contribution in [1.29, 1.82) is 0 Å². The molecule has 18 heavy (non-hydrogen) atoms. The molecule has 1 aliphatic heterocycles. The van der Waals surface area contributed by atoms with Crippen LogP contribution in [-0.2, 0) is 4.79 Å². The second-order valence-electron chi connectivity index (χ2n) is 4.79. The number of benzene rings is 1. The molecule has 4 heteroatoms. The first kappa shape index (κ1) is 12.9. The molecule has 0 saturated carbocycles. The van der Waals surface area contributed by atoms with Crippen LogP contribution in [0, 0.1) is 5.82 Å². The minimum atomic E-state index is -0.348. The molecule has 1 aromatic rings. The fourth-order valence-corrected chi connectivity index (χ4v) is 2.48. The number of nitrogens with two attached hydrogens (primary N) is 1. The van der Waals surface area contributed by atoms with Gasteiger partial charge in [0.05, 0.1) is 5.69 Å². The van der Waals surface area contributed by atoms with E-state index in [0.29, 0.717) is 12.3 Å². The lowest BCUT2D eigenvalue weighted by Crippen LogP contribution is -2.37. The Morgan fingerprint density at radius 2 is 2.11 bits per heavy atom. The third kappa shape index (κ3) is 2.63. The number of halogens is 1. The summed E-state index contributed by atoms with van der Waals surface area (Å²) in [5.41, 5.74) is 6.65. The molecule has 3 nitrogen and oxygen atoms in total. The van der Waals surface area contributed by atoms with Gasteiger partial charge in [0.2, 0.25) is 5.91 Å². The zero-order valence-electron chi connectivity index (χ0n) is 10.7. The first-order valence-corrected chi connectivity index (χ1v) is 6.44. The van der Waals surface area contributed by atoms with Crippen molar-refractivity contribution in [3.63, 3.8) is 0 Å². The minimum absolute atomic E-state index is 0.192. The standard InChI is InChI=1S/C14H19FN2O/c1-2-14(18)17-7-5-10(6-8-17)11-3-4-13(16)12(15)9-11/h3-4,9-10H,2,5-8,16H2,1H3. The lowest BCUT2D eigenvalue weighted by Gasteiger charge is -2.32. The molecule has 0 spiro atoms. The van der Waals surface area contributed by atoms with Crippen LogP contribution >= 0.6 is 0 Å². The summed E-state index contributed by atoms with van der Waals surface area (Å²) in [6.45, 7) is 3.41. The van der Waals surface area contributed by atoms with Crippen molar-refractivity contribution in [3.8, 4) is 0 Å². The van der Waals surface area contributed by atoms with Gasteiger partial charge in [0.1, 0.15) is 5.82 Å². The Hall–Kier alpha value is -1.58. The van der Waals surface area contributed by atoms with E-state index in [2.05, 4.69) is 0 Å². The first-order chi connectivity index (χ1) is 8.61. The number of amides is 1. The number of carbonyl (C=O) groups excluding carboxylic acids is 1. The molecular weight excluding hydrogens is 231 g/mol. The third-order valence-corrected chi connectivity index (χ3v) is 3.65. The molecular formula is C14H19FN2O. The Balaban J connectivity index is 2.01. The van der Waals surface area contributed by atoms with Gasteiger partial charge >= 0.3 is 0 Å². The van der Waals surface area contributed by atoms with E-state index in [1.165, 1.54) is 6.07 Å². The molecule has 0 radical (unpaired) electrons. The van der Waals surface area contributed by atoms with E-state index < -0.39 is 0 Å². The fraction of sp³-hybridized carbons (Fsp3) is 0.500. The summed E-state index contributed by atoms with van der Waals surface area (Å²) < 4.78 is 13.4. The van der Waals surface area contributed by atoms with E-state index in [9.17, 15) is 9.18 Å².